The van der Waals surface area contributed by atoms with Crippen LogP contribution in [0.5, 0.6) is 5.75 Å². The molecule has 2 aromatic carbocycles. The minimum absolute atomic E-state index is 0.261. The molecule has 2 amide bonds. The molecular formula is C18H13I2NO3S. The second-order valence-corrected chi connectivity index (χ2v) is 8.72. The number of hydrogen-bond donors (Lipinski definition) is 0. The molecule has 4 nitrogen and oxygen atoms in total. The Labute approximate surface area is 177 Å². The molecule has 3 rings (SSSR count). The molecule has 25 heavy (non-hydrogen) atoms. The minimum Gasteiger partial charge on any atom is -0.487 e. The summed E-state index contributed by atoms with van der Waals surface area (Å²) in [5, 5.41) is -0.261. The Morgan fingerprint density at radius 2 is 1.88 bits per heavy atom. The fraction of sp³-hybridized carbons (Fsp3) is 0.111. The number of halogens is 2. The van der Waals surface area contributed by atoms with E-state index in [0.717, 1.165) is 34.9 Å². The highest BCUT2D eigenvalue weighted by atomic mass is 127. The van der Waals surface area contributed by atoms with E-state index >= 15 is 0 Å². The van der Waals surface area contributed by atoms with E-state index in [4.69, 9.17) is 4.74 Å². The van der Waals surface area contributed by atoms with Gasteiger partial charge in [-0.2, -0.15) is 0 Å². The van der Waals surface area contributed by atoms with Crippen LogP contribution in [0.4, 0.5) is 4.79 Å². The molecule has 0 spiro atoms. The topological polar surface area (TPSA) is 46.6 Å². The average molecular weight is 577 g/mol. The average Bonchev–Trinajstić information content (AvgIpc) is 2.82. The van der Waals surface area contributed by atoms with E-state index in [-0.39, 0.29) is 11.1 Å². The highest BCUT2D eigenvalue weighted by Gasteiger charge is 2.32. The van der Waals surface area contributed by atoms with Crippen LogP contribution in [0, 0.1) is 7.14 Å². The molecule has 1 saturated heterocycles. The summed E-state index contributed by atoms with van der Waals surface area (Å²) in [4.78, 5) is 25.4. The first-order valence-corrected chi connectivity index (χ1v) is 10.3. The van der Waals surface area contributed by atoms with Crippen LogP contribution in [-0.2, 0) is 11.4 Å². The van der Waals surface area contributed by atoms with Crippen LogP contribution in [0.2, 0.25) is 0 Å². The standard InChI is InChI=1S/C18H13I2NO3S/c1-21-17(22)15(25-18(21)23)8-12-7-13(19)9-14(20)16(12)24-10-11-5-3-2-4-6-11/h2-9H,10H2,1H3/b15-8+. The van der Waals surface area contributed by atoms with Crippen LogP contribution >= 0.6 is 56.9 Å². The number of carbonyl (C=O) groups is 2. The van der Waals surface area contributed by atoms with E-state index in [1.807, 2.05) is 42.5 Å². The van der Waals surface area contributed by atoms with Gasteiger partial charge in [0.05, 0.1) is 8.48 Å². The van der Waals surface area contributed by atoms with E-state index < -0.39 is 0 Å². The SMILES string of the molecule is CN1C(=O)S/C(=C/c2cc(I)cc(I)c2OCc2ccccc2)C1=O. The summed E-state index contributed by atoms with van der Waals surface area (Å²) in [5.74, 6) is 0.436. The quantitative estimate of drug-likeness (QED) is 0.373. The number of hydrogen-bond acceptors (Lipinski definition) is 4. The molecular weight excluding hydrogens is 564 g/mol. The lowest BCUT2D eigenvalue weighted by atomic mass is 10.1. The molecule has 0 aromatic heterocycles. The van der Waals surface area contributed by atoms with Gasteiger partial charge in [-0.1, -0.05) is 30.3 Å². The van der Waals surface area contributed by atoms with Gasteiger partial charge in [0.15, 0.2) is 0 Å². The lowest BCUT2D eigenvalue weighted by Crippen LogP contribution is -2.22. The van der Waals surface area contributed by atoms with Crippen LogP contribution in [0.1, 0.15) is 11.1 Å². The number of nitrogens with zero attached hydrogens (tertiary/aromatic N) is 1. The fourth-order valence-corrected chi connectivity index (χ4v) is 5.12. The normalized spacial score (nSPS) is 16.0. The molecule has 128 valence electrons. The van der Waals surface area contributed by atoms with Gasteiger partial charge in [-0.3, -0.25) is 14.5 Å². The second kappa shape index (κ2) is 8.09. The van der Waals surface area contributed by atoms with Crippen LogP contribution < -0.4 is 4.74 Å². The molecule has 0 atom stereocenters. The molecule has 1 fully saturated rings. The molecule has 7 heteroatoms. The van der Waals surface area contributed by atoms with Crippen molar-refractivity contribution in [1.82, 2.24) is 4.90 Å². The van der Waals surface area contributed by atoms with E-state index in [1.54, 1.807) is 6.08 Å². The number of thioether (sulfide) groups is 1. The first-order valence-electron chi connectivity index (χ1n) is 7.33. The smallest absolute Gasteiger partial charge is 0.293 e. The van der Waals surface area contributed by atoms with Gasteiger partial charge in [-0.05, 0) is 80.7 Å². The summed E-state index contributed by atoms with van der Waals surface area (Å²) in [6, 6.07) is 13.9. The number of ether oxygens (including phenoxy) is 1. The molecule has 1 aliphatic rings. The molecule has 1 aliphatic heterocycles. The summed E-state index contributed by atoms with van der Waals surface area (Å²) in [6.07, 6.45) is 1.74. The van der Waals surface area contributed by atoms with Crippen molar-refractivity contribution in [2.45, 2.75) is 6.61 Å². The molecule has 2 aromatic rings. The maximum atomic E-state index is 12.2. The lowest BCUT2D eigenvalue weighted by molar-refractivity contribution is -0.121. The first-order chi connectivity index (χ1) is 12.0. The van der Waals surface area contributed by atoms with E-state index in [2.05, 4.69) is 45.2 Å². The Morgan fingerprint density at radius 3 is 2.52 bits per heavy atom. The van der Waals surface area contributed by atoms with Crippen LogP contribution in [0.15, 0.2) is 47.4 Å². The molecule has 0 radical (unpaired) electrons. The largest absolute Gasteiger partial charge is 0.487 e. The molecule has 0 aliphatic carbocycles. The second-order valence-electron chi connectivity index (χ2n) is 5.32. The maximum absolute atomic E-state index is 12.2. The third-order valence-electron chi connectivity index (χ3n) is 3.54. The Balaban J connectivity index is 1.93. The lowest BCUT2D eigenvalue weighted by Gasteiger charge is -2.13. The van der Waals surface area contributed by atoms with Crippen molar-refractivity contribution in [2.75, 3.05) is 7.05 Å². The van der Waals surface area contributed by atoms with Gasteiger partial charge >= 0.3 is 0 Å². The van der Waals surface area contributed by atoms with E-state index in [9.17, 15) is 9.59 Å². The third-order valence-corrected chi connectivity index (χ3v) is 5.92. The van der Waals surface area contributed by atoms with Gasteiger partial charge in [-0.15, -0.1) is 0 Å². The number of carbonyl (C=O) groups excluding carboxylic acids is 2. The zero-order chi connectivity index (χ0) is 18.0. The van der Waals surface area contributed by atoms with Crippen molar-refractivity contribution in [1.29, 1.82) is 0 Å². The van der Waals surface area contributed by atoms with Gasteiger partial charge < -0.3 is 4.74 Å². The molecule has 0 N–H and O–H groups in total. The van der Waals surface area contributed by atoms with E-state index in [1.165, 1.54) is 7.05 Å². The van der Waals surface area contributed by atoms with Crippen molar-refractivity contribution in [2.24, 2.45) is 0 Å². The molecule has 1 heterocycles. The molecule has 0 saturated carbocycles. The first kappa shape index (κ1) is 18.7. The van der Waals surface area contributed by atoms with Gasteiger partial charge in [0.25, 0.3) is 11.1 Å². The van der Waals surface area contributed by atoms with Crippen LogP contribution in [0.25, 0.3) is 6.08 Å². The summed E-state index contributed by atoms with van der Waals surface area (Å²) in [5.41, 5.74) is 1.86. The Bertz CT molecular complexity index is 868. The highest BCUT2D eigenvalue weighted by Crippen LogP contribution is 2.36. The Hall–Kier alpha value is -1.07. The van der Waals surface area contributed by atoms with Crippen molar-refractivity contribution in [3.05, 3.63) is 65.6 Å². The summed E-state index contributed by atoms with van der Waals surface area (Å²) in [7, 11) is 1.49. The third kappa shape index (κ3) is 4.37. The van der Waals surface area contributed by atoms with Crippen molar-refractivity contribution in [3.63, 3.8) is 0 Å². The fourth-order valence-electron chi connectivity index (χ4n) is 2.26. The van der Waals surface area contributed by atoms with Crippen LogP contribution in [-0.4, -0.2) is 23.1 Å². The minimum atomic E-state index is -0.280. The predicted octanol–water partition coefficient (Wildman–Crippen LogP) is 5.14. The van der Waals surface area contributed by atoms with Gasteiger partial charge in [0.1, 0.15) is 12.4 Å². The number of amides is 2. The van der Waals surface area contributed by atoms with Crippen molar-refractivity contribution in [3.8, 4) is 5.75 Å². The predicted molar refractivity (Wildman–Crippen MR) is 116 cm³/mol. The summed E-state index contributed by atoms with van der Waals surface area (Å²) >= 11 is 5.40. The van der Waals surface area contributed by atoms with Crippen LogP contribution in [0.3, 0.4) is 0 Å². The number of benzene rings is 2. The van der Waals surface area contributed by atoms with Gasteiger partial charge in [0.2, 0.25) is 0 Å². The Morgan fingerprint density at radius 1 is 1.16 bits per heavy atom. The number of likely N-dealkylation sites (N-methyl/N-ethyl adjacent to an activating group) is 1. The zero-order valence-corrected chi connectivity index (χ0v) is 18.3. The maximum Gasteiger partial charge on any atom is 0.293 e. The van der Waals surface area contributed by atoms with Crippen molar-refractivity contribution < 1.29 is 14.3 Å². The Kier molecular flexibility index (Phi) is 6.05. The summed E-state index contributed by atoms with van der Waals surface area (Å²) in [6.45, 7) is 0.438. The van der Waals surface area contributed by atoms with Gasteiger partial charge in [-0.25, -0.2) is 0 Å². The molecule has 0 bridgehead atoms. The monoisotopic (exact) mass is 577 g/mol. The highest BCUT2D eigenvalue weighted by molar-refractivity contribution is 14.1. The number of imide groups is 1. The summed E-state index contributed by atoms with van der Waals surface area (Å²) < 4.78 is 8.03. The van der Waals surface area contributed by atoms with Crippen molar-refractivity contribution >= 4 is 74.2 Å². The zero-order valence-electron chi connectivity index (χ0n) is 13.2. The van der Waals surface area contributed by atoms with E-state index in [0.29, 0.717) is 17.3 Å². The van der Waals surface area contributed by atoms with Gasteiger partial charge in [0, 0.05) is 16.2 Å². The number of rotatable bonds is 4. The molecule has 0 unspecified atom stereocenters.